The first-order chi connectivity index (χ1) is 20.1. The minimum absolute atomic E-state index is 0.0149. The molecule has 1 aliphatic carbocycles. The zero-order chi connectivity index (χ0) is 30.0. The molecule has 0 amide bonds. The summed E-state index contributed by atoms with van der Waals surface area (Å²) in [7, 11) is -3.78. The van der Waals surface area contributed by atoms with Crippen LogP contribution in [-0.2, 0) is 10.0 Å². The van der Waals surface area contributed by atoms with E-state index >= 15 is 0 Å². The Hall–Kier alpha value is -3.15. The number of nitrogens with one attached hydrogen (secondary N) is 1. The molecule has 0 aliphatic heterocycles. The van der Waals surface area contributed by atoms with Crippen molar-refractivity contribution in [1.29, 1.82) is 0 Å². The number of hydrogen-bond acceptors (Lipinski definition) is 2. The summed E-state index contributed by atoms with van der Waals surface area (Å²) in [6.45, 7) is 12.7. The van der Waals surface area contributed by atoms with E-state index in [2.05, 4.69) is 124 Å². The summed E-state index contributed by atoms with van der Waals surface area (Å²) in [5, 5.41) is 0. The van der Waals surface area contributed by atoms with Gasteiger partial charge in [0.1, 0.15) is 0 Å². The van der Waals surface area contributed by atoms with Gasteiger partial charge < -0.3 is 4.57 Å². The van der Waals surface area contributed by atoms with Crippen LogP contribution in [0.4, 0.5) is 0 Å². The Morgan fingerprint density at radius 2 is 1.24 bits per heavy atom. The molecule has 4 aromatic rings. The Labute approximate surface area is 253 Å². The van der Waals surface area contributed by atoms with Crippen LogP contribution in [-0.4, -0.2) is 19.0 Å². The van der Waals surface area contributed by atoms with E-state index in [1.54, 1.807) is 0 Å². The molecule has 5 rings (SSSR count). The number of aromatic nitrogens is 1. The highest BCUT2D eigenvalue weighted by Gasteiger charge is 2.35. The van der Waals surface area contributed by atoms with Gasteiger partial charge in [-0.1, -0.05) is 127 Å². The third kappa shape index (κ3) is 6.28. The molecular weight excluding hydrogens is 536 g/mol. The Morgan fingerprint density at radius 1 is 0.690 bits per heavy atom. The van der Waals surface area contributed by atoms with E-state index in [-0.39, 0.29) is 23.9 Å². The molecule has 1 aromatic heterocycles. The molecule has 1 aliphatic rings. The fourth-order valence-corrected chi connectivity index (χ4v) is 8.42. The predicted octanol–water partition coefficient (Wildman–Crippen LogP) is 9.65. The molecule has 0 radical (unpaired) electrons. The number of sulfonamides is 1. The van der Waals surface area contributed by atoms with Crippen molar-refractivity contribution in [2.24, 2.45) is 0 Å². The lowest BCUT2D eigenvalue weighted by Gasteiger charge is -2.35. The number of hydrogen-bond donors (Lipinski definition) is 1. The molecule has 5 heteroatoms. The van der Waals surface area contributed by atoms with Crippen LogP contribution < -0.4 is 4.72 Å². The Balaban J connectivity index is 1.59. The molecule has 1 saturated carbocycles. The van der Waals surface area contributed by atoms with Crippen molar-refractivity contribution < 1.29 is 8.42 Å². The number of benzene rings is 3. The van der Waals surface area contributed by atoms with Crippen molar-refractivity contribution in [1.82, 2.24) is 9.29 Å². The van der Waals surface area contributed by atoms with Gasteiger partial charge in [0, 0.05) is 17.9 Å². The van der Waals surface area contributed by atoms with Crippen LogP contribution in [0.25, 0.3) is 22.4 Å². The van der Waals surface area contributed by atoms with E-state index in [0.29, 0.717) is 10.8 Å². The van der Waals surface area contributed by atoms with Crippen LogP contribution in [0.15, 0.2) is 90.0 Å². The molecule has 0 spiro atoms. The molecule has 1 fully saturated rings. The second-order valence-corrected chi connectivity index (χ2v) is 14.5. The van der Waals surface area contributed by atoms with Crippen LogP contribution >= 0.6 is 0 Å². The fraction of sp³-hybridized carbons (Fsp3) is 0.405. The highest BCUT2D eigenvalue weighted by Crippen LogP contribution is 2.39. The summed E-state index contributed by atoms with van der Waals surface area (Å²) in [6.07, 6.45) is 6.06. The predicted molar refractivity (Wildman–Crippen MR) is 176 cm³/mol. The van der Waals surface area contributed by atoms with Crippen molar-refractivity contribution in [2.75, 3.05) is 0 Å². The Bertz CT molecular complexity index is 1570. The molecule has 4 nitrogen and oxygen atoms in total. The van der Waals surface area contributed by atoms with Crippen molar-refractivity contribution in [3.63, 3.8) is 0 Å². The van der Waals surface area contributed by atoms with Gasteiger partial charge in [-0.05, 0) is 70.0 Å². The van der Waals surface area contributed by atoms with Crippen LogP contribution in [0.1, 0.15) is 108 Å². The standard InChI is InChI=1S/C37H46N2O2S/c1-25(2)30-21-32(26(3)4)37(33(22-30)27(5)6)42(40,41)38-34-19-13-14-20-35(34)39-24-31(28-15-9-7-10-16-28)23-36(39)29-17-11-8-12-18-29/h7-12,15-18,21-27,34-35,38H,13-14,19-20H2,1-6H3/t34-,35-/m1/s1. The second-order valence-electron chi connectivity index (χ2n) is 12.8. The fourth-order valence-electron chi connectivity index (χ4n) is 6.42. The van der Waals surface area contributed by atoms with Crippen molar-refractivity contribution in [3.05, 3.63) is 102 Å². The largest absolute Gasteiger partial charge is 0.342 e. The summed E-state index contributed by atoms with van der Waals surface area (Å²) in [5.74, 6) is 0.520. The van der Waals surface area contributed by atoms with Gasteiger partial charge in [0.15, 0.2) is 0 Å². The molecule has 2 atom stereocenters. The van der Waals surface area contributed by atoms with Gasteiger partial charge in [-0.15, -0.1) is 0 Å². The summed E-state index contributed by atoms with van der Waals surface area (Å²) in [4.78, 5) is 0.488. The van der Waals surface area contributed by atoms with Crippen molar-refractivity contribution >= 4 is 10.0 Å². The monoisotopic (exact) mass is 582 g/mol. The van der Waals surface area contributed by atoms with E-state index in [0.717, 1.165) is 59.2 Å². The third-order valence-corrected chi connectivity index (χ3v) is 10.4. The highest BCUT2D eigenvalue weighted by molar-refractivity contribution is 7.89. The van der Waals surface area contributed by atoms with Crippen molar-refractivity contribution in [2.45, 2.75) is 102 Å². The molecule has 3 aromatic carbocycles. The van der Waals surface area contributed by atoms with Crippen molar-refractivity contribution in [3.8, 4) is 22.4 Å². The maximum atomic E-state index is 14.5. The van der Waals surface area contributed by atoms with Gasteiger partial charge in [0.2, 0.25) is 10.0 Å². The summed E-state index contributed by atoms with van der Waals surface area (Å²) >= 11 is 0. The maximum Gasteiger partial charge on any atom is 0.241 e. The van der Waals surface area contributed by atoms with Gasteiger partial charge in [-0.2, -0.15) is 0 Å². The lowest BCUT2D eigenvalue weighted by molar-refractivity contribution is 0.291. The minimum atomic E-state index is -3.78. The average Bonchev–Trinajstić information content (AvgIpc) is 3.43. The number of nitrogens with zero attached hydrogens (tertiary/aromatic N) is 1. The van der Waals surface area contributed by atoms with E-state index in [4.69, 9.17) is 0 Å². The average molecular weight is 583 g/mol. The lowest BCUT2D eigenvalue weighted by atomic mass is 9.89. The first-order valence-corrected chi connectivity index (χ1v) is 17.1. The third-order valence-electron chi connectivity index (χ3n) is 8.77. The topological polar surface area (TPSA) is 51.1 Å². The highest BCUT2D eigenvalue weighted by atomic mass is 32.2. The molecule has 1 N–H and O–H groups in total. The number of rotatable bonds is 9. The lowest BCUT2D eigenvalue weighted by Crippen LogP contribution is -2.43. The van der Waals surface area contributed by atoms with Crippen LogP contribution in [0, 0.1) is 0 Å². The summed E-state index contributed by atoms with van der Waals surface area (Å²) in [5.41, 5.74) is 7.61. The van der Waals surface area contributed by atoms with E-state index in [1.807, 2.05) is 12.1 Å². The normalized spacial score (nSPS) is 17.8. The van der Waals surface area contributed by atoms with Crippen LogP contribution in [0.2, 0.25) is 0 Å². The molecule has 0 unspecified atom stereocenters. The van der Waals surface area contributed by atoms with Gasteiger partial charge in [0.25, 0.3) is 0 Å². The van der Waals surface area contributed by atoms with Crippen LogP contribution in [0.5, 0.6) is 0 Å². The van der Waals surface area contributed by atoms with E-state index < -0.39 is 10.0 Å². The molecule has 1 heterocycles. The zero-order valence-corrected chi connectivity index (χ0v) is 26.8. The SMILES string of the molecule is CC(C)c1cc(C(C)C)c(S(=O)(=O)N[C@@H]2CCCC[C@H]2n2cc(-c3ccccc3)cc2-c2ccccc2)c(C(C)C)c1. The molecule has 0 bridgehead atoms. The van der Waals surface area contributed by atoms with Gasteiger partial charge >= 0.3 is 0 Å². The first-order valence-electron chi connectivity index (χ1n) is 15.6. The van der Waals surface area contributed by atoms with Crippen LogP contribution in [0.3, 0.4) is 0 Å². The van der Waals surface area contributed by atoms with Gasteiger partial charge in [-0.25, -0.2) is 13.1 Å². The Kier molecular flexibility index (Phi) is 9.10. The smallest absolute Gasteiger partial charge is 0.241 e. The zero-order valence-electron chi connectivity index (χ0n) is 26.0. The first kappa shape index (κ1) is 30.3. The second kappa shape index (κ2) is 12.6. The van der Waals surface area contributed by atoms with E-state index in [9.17, 15) is 8.42 Å². The molecule has 0 saturated heterocycles. The Morgan fingerprint density at radius 3 is 1.79 bits per heavy atom. The van der Waals surface area contributed by atoms with E-state index in [1.165, 1.54) is 5.56 Å². The summed E-state index contributed by atoms with van der Waals surface area (Å²) in [6, 6.07) is 27.2. The quantitative estimate of drug-likeness (QED) is 0.214. The van der Waals surface area contributed by atoms with Gasteiger partial charge in [0.05, 0.1) is 10.9 Å². The van der Waals surface area contributed by atoms with Gasteiger partial charge in [-0.3, -0.25) is 0 Å². The minimum Gasteiger partial charge on any atom is -0.342 e. The molecular formula is C37H46N2O2S. The molecule has 42 heavy (non-hydrogen) atoms. The molecule has 222 valence electrons. The summed E-state index contributed by atoms with van der Waals surface area (Å²) < 4.78 is 34.6. The maximum absolute atomic E-state index is 14.5.